The molecule has 0 fully saturated rings. The Morgan fingerprint density at radius 2 is 2.08 bits per heavy atom. The van der Waals surface area contributed by atoms with Gasteiger partial charge in [-0.15, -0.1) is 0 Å². The van der Waals surface area contributed by atoms with Crippen molar-refractivity contribution < 1.29 is 19.1 Å². The molecule has 0 rings (SSSR count). The molecular weight excluding hydrogens is 170 g/mol. The van der Waals surface area contributed by atoms with Crippen molar-refractivity contribution >= 4 is 5.97 Å². The van der Waals surface area contributed by atoms with E-state index >= 15 is 0 Å². The number of carbonyl (C=O) groups excluding carboxylic acids is 1. The van der Waals surface area contributed by atoms with E-state index < -0.39 is 5.97 Å². The van der Waals surface area contributed by atoms with E-state index in [9.17, 15) is 9.90 Å². The van der Waals surface area contributed by atoms with Gasteiger partial charge in [0.2, 0.25) is 0 Å². The second-order valence-corrected chi connectivity index (χ2v) is 3.81. The van der Waals surface area contributed by atoms with Crippen LogP contribution in [0.4, 0.5) is 0 Å². The first-order chi connectivity index (χ1) is 5.92. The molecule has 0 amide bonds. The van der Waals surface area contributed by atoms with Crippen molar-refractivity contribution in [3.05, 3.63) is 12.2 Å². The van der Waals surface area contributed by atoms with Gasteiger partial charge in [-0.1, -0.05) is 6.08 Å². The van der Waals surface area contributed by atoms with Crippen LogP contribution in [0.25, 0.3) is 0 Å². The number of aliphatic carboxylic acids is 1. The minimum absolute atomic E-state index is 0.327. The lowest BCUT2D eigenvalue weighted by Crippen LogP contribution is -2.37. The van der Waals surface area contributed by atoms with Crippen LogP contribution in [0, 0.1) is 0 Å². The van der Waals surface area contributed by atoms with Crippen LogP contribution in [-0.4, -0.2) is 51.4 Å². The minimum Gasteiger partial charge on any atom is -0.545 e. The van der Waals surface area contributed by atoms with Crippen molar-refractivity contribution in [2.75, 3.05) is 40.9 Å². The highest BCUT2D eigenvalue weighted by molar-refractivity contribution is 5.77. The fourth-order valence-corrected chi connectivity index (χ4v) is 0.634. The minimum atomic E-state index is -1.18. The Balaban J connectivity index is 3.32. The zero-order valence-corrected chi connectivity index (χ0v) is 8.45. The molecule has 0 aromatic heterocycles. The molecule has 4 nitrogen and oxygen atoms in total. The van der Waals surface area contributed by atoms with Crippen molar-refractivity contribution in [1.82, 2.24) is 0 Å². The molecule has 0 spiro atoms. The van der Waals surface area contributed by atoms with Crippen LogP contribution in [0.5, 0.6) is 0 Å². The number of ether oxygens (including phenoxy) is 1. The fourth-order valence-electron chi connectivity index (χ4n) is 0.634. The molecule has 0 radical (unpaired) electrons. The van der Waals surface area contributed by atoms with Gasteiger partial charge in [0.05, 0.1) is 40.3 Å². The molecule has 0 aliphatic rings. The van der Waals surface area contributed by atoms with Gasteiger partial charge < -0.3 is 19.1 Å². The largest absolute Gasteiger partial charge is 0.545 e. The summed E-state index contributed by atoms with van der Waals surface area (Å²) in [5, 5.41) is 9.93. The van der Waals surface area contributed by atoms with E-state index in [1.54, 1.807) is 0 Å². The Bertz CT molecular complexity index is 182. The lowest BCUT2D eigenvalue weighted by Gasteiger charge is -2.23. The molecule has 13 heavy (non-hydrogen) atoms. The van der Waals surface area contributed by atoms with Gasteiger partial charge in [-0.3, -0.25) is 0 Å². The number of rotatable bonds is 6. The number of likely N-dealkylation sites (N-methyl/N-ethyl adjacent to an activating group) is 1. The second-order valence-electron chi connectivity index (χ2n) is 3.81. The van der Waals surface area contributed by atoms with Crippen molar-refractivity contribution in [2.24, 2.45) is 0 Å². The maximum absolute atomic E-state index is 9.93. The summed E-state index contributed by atoms with van der Waals surface area (Å²) in [4.78, 5) is 9.93. The van der Waals surface area contributed by atoms with Gasteiger partial charge in [0.25, 0.3) is 0 Å². The van der Waals surface area contributed by atoms with Crippen LogP contribution in [0.3, 0.4) is 0 Å². The SMILES string of the molecule is C[N+](C)(C)CCOC/C=C\C(=O)[O-]. The van der Waals surface area contributed by atoms with Crippen molar-refractivity contribution in [1.29, 1.82) is 0 Å². The summed E-state index contributed by atoms with van der Waals surface area (Å²) in [7, 11) is 6.21. The second kappa shape index (κ2) is 5.72. The van der Waals surface area contributed by atoms with Gasteiger partial charge in [-0.05, 0) is 6.08 Å². The Morgan fingerprint density at radius 1 is 1.46 bits per heavy atom. The van der Waals surface area contributed by atoms with Crippen LogP contribution in [0.15, 0.2) is 12.2 Å². The summed E-state index contributed by atoms with van der Waals surface area (Å²) in [6.45, 7) is 1.86. The lowest BCUT2D eigenvalue weighted by atomic mass is 10.5. The first kappa shape index (κ1) is 12.1. The van der Waals surface area contributed by atoms with Crippen LogP contribution in [-0.2, 0) is 9.53 Å². The van der Waals surface area contributed by atoms with Crippen molar-refractivity contribution in [3.63, 3.8) is 0 Å². The van der Waals surface area contributed by atoms with Crippen molar-refractivity contribution in [2.45, 2.75) is 0 Å². The summed E-state index contributed by atoms with van der Waals surface area (Å²) in [5.41, 5.74) is 0. The quantitative estimate of drug-likeness (QED) is 0.305. The van der Waals surface area contributed by atoms with E-state index in [1.807, 2.05) is 0 Å². The third-order valence-electron chi connectivity index (χ3n) is 1.37. The highest BCUT2D eigenvalue weighted by Crippen LogP contribution is 1.89. The smallest absolute Gasteiger partial charge is 0.102 e. The van der Waals surface area contributed by atoms with Gasteiger partial charge in [0.15, 0.2) is 0 Å². The summed E-state index contributed by atoms with van der Waals surface area (Å²) < 4.78 is 6.00. The Kier molecular flexibility index (Phi) is 5.34. The summed E-state index contributed by atoms with van der Waals surface area (Å²) in [5.74, 6) is -1.18. The molecule has 76 valence electrons. The van der Waals surface area contributed by atoms with Crippen LogP contribution in [0.2, 0.25) is 0 Å². The molecule has 0 aliphatic heterocycles. The van der Waals surface area contributed by atoms with E-state index in [0.717, 1.165) is 17.1 Å². The molecule has 0 aromatic carbocycles. The summed E-state index contributed by atoms with van der Waals surface area (Å²) in [6.07, 6.45) is 2.41. The number of carbonyl (C=O) groups is 1. The molecule has 0 unspecified atom stereocenters. The molecule has 0 saturated carbocycles. The molecule has 0 bridgehead atoms. The maximum atomic E-state index is 9.93. The maximum Gasteiger partial charge on any atom is 0.102 e. The van der Waals surface area contributed by atoms with Gasteiger partial charge in [-0.25, -0.2) is 0 Å². The highest BCUT2D eigenvalue weighted by Gasteiger charge is 2.04. The average molecular weight is 187 g/mol. The fraction of sp³-hybridized carbons (Fsp3) is 0.667. The Morgan fingerprint density at radius 3 is 2.54 bits per heavy atom. The number of quaternary nitrogens is 1. The zero-order valence-electron chi connectivity index (χ0n) is 8.45. The topological polar surface area (TPSA) is 49.4 Å². The van der Waals surface area contributed by atoms with E-state index in [4.69, 9.17) is 4.74 Å². The Hall–Kier alpha value is -0.870. The number of carboxylic acids is 1. The van der Waals surface area contributed by atoms with Crippen LogP contribution in [0.1, 0.15) is 0 Å². The monoisotopic (exact) mass is 187 g/mol. The molecule has 0 heterocycles. The van der Waals surface area contributed by atoms with E-state index in [1.165, 1.54) is 6.08 Å². The Labute approximate surface area is 79.0 Å². The lowest BCUT2D eigenvalue weighted by molar-refractivity contribution is -0.870. The molecule has 0 aromatic rings. The summed E-state index contributed by atoms with van der Waals surface area (Å²) in [6, 6.07) is 0. The average Bonchev–Trinajstić information content (AvgIpc) is 1.93. The number of hydrogen-bond donors (Lipinski definition) is 0. The first-order valence-corrected chi connectivity index (χ1v) is 4.17. The van der Waals surface area contributed by atoms with Gasteiger partial charge in [0.1, 0.15) is 6.54 Å². The number of hydrogen-bond acceptors (Lipinski definition) is 3. The molecule has 0 saturated heterocycles. The van der Waals surface area contributed by atoms with E-state index in [2.05, 4.69) is 21.1 Å². The van der Waals surface area contributed by atoms with Gasteiger partial charge in [-0.2, -0.15) is 0 Å². The number of carboxylic acid groups (broad SMARTS) is 1. The predicted molar refractivity (Wildman–Crippen MR) is 47.9 cm³/mol. The van der Waals surface area contributed by atoms with E-state index in [-0.39, 0.29) is 0 Å². The van der Waals surface area contributed by atoms with Crippen molar-refractivity contribution in [3.8, 4) is 0 Å². The molecule has 4 heteroatoms. The zero-order chi connectivity index (χ0) is 10.3. The van der Waals surface area contributed by atoms with Gasteiger partial charge >= 0.3 is 0 Å². The highest BCUT2D eigenvalue weighted by atomic mass is 16.5. The predicted octanol–water partition coefficient (Wildman–Crippen LogP) is -0.985. The van der Waals surface area contributed by atoms with Gasteiger partial charge in [0, 0.05) is 0 Å². The normalized spacial score (nSPS) is 12.2. The molecule has 0 atom stereocenters. The molecule has 0 aliphatic carbocycles. The summed E-state index contributed by atoms with van der Waals surface area (Å²) >= 11 is 0. The third kappa shape index (κ3) is 11.1. The molecule has 0 N–H and O–H groups in total. The standard InChI is InChI=1S/C9H17NO3/c1-10(2,3)6-8-13-7-4-5-9(11)12/h4-5H,6-8H2,1-3H3/b5-4-. The first-order valence-electron chi connectivity index (χ1n) is 4.17. The van der Waals surface area contributed by atoms with Crippen LogP contribution < -0.4 is 5.11 Å². The molecular formula is C9H17NO3. The van der Waals surface area contributed by atoms with Crippen LogP contribution >= 0.6 is 0 Å². The number of nitrogens with zero attached hydrogens (tertiary/aromatic N) is 1. The third-order valence-corrected chi connectivity index (χ3v) is 1.37. The van der Waals surface area contributed by atoms with E-state index in [0.29, 0.717) is 13.2 Å².